The Bertz CT molecular complexity index is 1230. The maximum atomic E-state index is 13.2. The van der Waals surface area contributed by atoms with Gasteiger partial charge in [0, 0.05) is 18.9 Å². The molecule has 1 aliphatic heterocycles. The van der Waals surface area contributed by atoms with E-state index in [2.05, 4.69) is 61.0 Å². The predicted molar refractivity (Wildman–Crippen MR) is 151 cm³/mol. The summed E-state index contributed by atoms with van der Waals surface area (Å²) in [6.45, 7) is 7.81. The van der Waals surface area contributed by atoms with Crippen molar-refractivity contribution in [2.45, 2.75) is 97.6 Å². The summed E-state index contributed by atoms with van der Waals surface area (Å²) in [6, 6.07) is 10.6. The fourth-order valence-electron chi connectivity index (χ4n) is 7.32. The van der Waals surface area contributed by atoms with Crippen LogP contribution < -0.4 is 0 Å². The van der Waals surface area contributed by atoms with Gasteiger partial charge in [-0.1, -0.05) is 63.9 Å². The Hall–Kier alpha value is -2.82. The highest BCUT2D eigenvalue weighted by Crippen LogP contribution is 2.59. The number of likely N-dealkylation sites (tertiary alicyclic amines) is 1. The average Bonchev–Trinajstić information content (AvgIpc) is 3.74. The van der Waals surface area contributed by atoms with Crippen LogP contribution in [0.1, 0.15) is 108 Å². The number of H-pyrrole nitrogens is 1. The second kappa shape index (κ2) is 10.4. The van der Waals surface area contributed by atoms with Crippen molar-refractivity contribution >= 4 is 11.5 Å². The average molecular weight is 514 g/mol. The van der Waals surface area contributed by atoms with E-state index >= 15 is 0 Å². The molecule has 2 aromatic rings. The zero-order chi connectivity index (χ0) is 26.3. The van der Waals surface area contributed by atoms with Crippen LogP contribution in [0, 0.1) is 17.3 Å². The van der Waals surface area contributed by atoms with Gasteiger partial charge in [0.1, 0.15) is 18.2 Å². The van der Waals surface area contributed by atoms with Crippen LogP contribution in [0.25, 0.3) is 5.57 Å². The van der Waals surface area contributed by atoms with E-state index in [-0.39, 0.29) is 17.9 Å². The molecule has 202 valence electrons. The number of hydrogen-bond acceptors (Lipinski definition) is 3. The lowest BCUT2D eigenvalue weighted by molar-refractivity contribution is -0.137. The van der Waals surface area contributed by atoms with E-state index in [1.807, 2.05) is 6.20 Å². The molecule has 1 saturated heterocycles. The molecule has 3 aliphatic carbocycles. The number of carbonyl (C=O) groups excluding carboxylic acids is 1. The van der Waals surface area contributed by atoms with Crippen LogP contribution in [0.5, 0.6) is 0 Å². The summed E-state index contributed by atoms with van der Waals surface area (Å²) in [4.78, 5) is 23.9. The van der Waals surface area contributed by atoms with Crippen LogP contribution in [0.2, 0.25) is 0 Å². The number of hydrogen-bond donors (Lipinski definition) is 1. The number of aromatic amines is 1. The monoisotopic (exact) mass is 513 g/mol. The van der Waals surface area contributed by atoms with Crippen LogP contribution in [-0.4, -0.2) is 27.3 Å². The SMILES string of the molecule is CC(C)C(C)C(=O)N1CCCC1c1ncc(C2=C3CC4(CCCC4)CC3=C(OCc3ccccc3)CC2)[nH]1. The van der Waals surface area contributed by atoms with Gasteiger partial charge >= 0.3 is 0 Å². The minimum absolute atomic E-state index is 0.0383. The molecule has 6 rings (SSSR count). The third-order valence-electron chi connectivity index (χ3n) is 9.85. The largest absolute Gasteiger partial charge is 0.493 e. The smallest absolute Gasteiger partial charge is 0.226 e. The van der Waals surface area contributed by atoms with E-state index in [1.165, 1.54) is 60.1 Å². The van der Waals surface area contributed by atoms with Crippen molar-refractivity contribution in [3.05, 3.63) is 70.5 Å². The topological polar surface area (TPSA) is 58.2 Å². The molecule has 0 bridgehead atoms. The van der Waals surface area contributed by atoms with Gasteiger partial charge in [-0.3, -0.25) is 4.79 Å². The lowest BCUT2D eigenvalue weighted by Gasteiger charge is -2.28. The van der Waals surface area contributed by atoms with Crippen molar-refractivity contribution in [1.29, 1.82) is 0 Å². The fraction of sp³-hybridized carbons (Fsp3) is 0.576. The first-order chi connectivity index (χ1) is 18.4. The molecule has 5 nitrogen and oxygen atoms in total. The lowest BCUT2D eigenvalue weighted by atomic mass is 9.84. The number of benzene rings is 1. The summed E-state index contributed by atoms with van der Waals surface area (Å²) in [5.41, 5.74) is 7.23. The zero-order valence-corrected chi connectivity index (χ0v) is 23.4. The number of imidazole rings is 1. The standard InChI is InChI=1S/C33H43N3O2/c1-22(2)23(3)32(37)36-17-9-12-29(36)31-34-20-28(35-31)25-13-14-30(38-21-24-10-5-4-6-11-24)27-19-33(18-26(25)27)15-7-8-16-33/h4-6,10-11,20,22-23,29H,7-9,12-19,21H2,1-3H3,(H,34,35). The minimum Gasteiger partial charge on any atom is -0.493 e. The lowest BCUT2D eigenvalue weighted by Crippen LogP contribution is -2.36. The molecule has 1 aromatic carbocycles. The second-order valence-corrected chi connectivity index (χ2v) is 12.6. The Labute approximate surface area is 227 Å². The normalized spacial score (nSPS) is 23.6. The van der Waals surface area contributed by atoms with Crippen molar-refractivity contribution in [2.75, 3.05) is 6.54 Å². The van der Waals surface area contributed by atoms with Gasteiger partial charge in [0.15, 0.2) is 0 Å². The molecule has 3 fully saturated rings. The van der Waals surface area contributed by atoms with Crippen molar-refractivity contribution in [2.24, 2.45) is 17.3 Å². The number of rotatable bonds is 7. The number of allylic oxidation sites excluding steroid dienone is 4. The summed E-state index contributed by atoms with van der Waals surface area (Å²) >= 11 is 0. The molecule has 5 heteroatoms. The highest BCUT2D eigenvalue weighted by Gasteiger charge is 2.45. The van der Waals surface area contributed by atoms with E-state index in [9.17, 15) is 4.79 Å². The summed E-state index contributed by atoms with van der Waals surface area (Å²) in [7, 11) is 0. The van der Waals surface area contributed by atoms with Gasteiger partial charge < -0.3 is 14.6 Å². The summed E-state index contributed by atoms with van der Waals surface area (Å²) < 4.78 is 6.51. The molecular formula is C33H43N3O2. The maximum Gasteiger partial charge on any atom is 0.226 e. The van der Waals surface area contributed by atoms with Crippen molar-refractivity contribution in [3.8, 4) is 0 Å². The number of aromatic nitrogens is 2. The van der Waals surface area contributed by atoms with Gasteiger partial charge in [-0.15, -0.1) is 0 Å². The van der Waals surface area contributed by atoms with E-state index in [1.54, 1.807) is 0 Å². The molecule has 2 unspecified atom stereocenters. The molecule has 2 saturated carbocycles. The van der Waals surface area contributed by atoms with Gasteiger partial charge in [0.05, 0.1) is 17.9 Å². The Morgan fingerprint density at radius 2 is 1.82 bits per heavy atom. The molecule has 4 aliphatic rings. The van der Waals surface area contributed by atoms with Crippen LogP contribution in [0.15, 0.2) is 53.4 Å². The molecule has 2 atom stereocenters. The number of fused-ring (bicyclic) bond motifs is 1. The molecular weight excluding hydrogens is 470 g/mol. The van der Waals surface area contributed by atoms with Crippen LogP contribution in [-0.2, 0) is 16.1 Å². The molecule has 1 N–H and O–H groups in total. The predicted octanol–water partition coefficient (Wildman–Crippen LogP) is 7.74. The number of nitrogens with one attached hydrogen (secondary N) is 1. The van der Waals surface area contributed by atoms with Gasteiger partial charge in [-0.05, 0) is 78.6 Å². The van der Waals surface area contributed by atoms with Crippen molar-refractivity contribution in [1.82, 2.24) is 14.9 Å². The number of nitrogens with zero attached hydrogens (tertiary/aromatic N) is 2. The third kappa shape index (κ3) is 4.74. The maximum absolute atomic E-state index is 13.2. The van der Waals surface area contributed by atoms with Crippen molar-refractivity contribution in [3.63, 3.8) is 0 Å². The first-order valence-electron chi connectivity index (χ1n) is 14.9. The Balaban J connectivity index is 1.28. The van der Waals surface area contributed by atoms with Gasteiger partial charge in [-0.2, -0.15) is 0 Å². The third-order valence-corrected chi connectivity index (χ3v) is 9.85. The number of amides is 1. The van der Waals surface area contributed by atoms with Gasteiger partial charge in [0.2, 0.25) is 5.91 Å². The molecule has 2 heterocycles. The summed E-state index contributed by atoms with van der Waals surface area (Å²) in [5, 5.41) is 0. The number of ether oxygens (including phenoxy) is 1. The van der Waals surface area contributed by atoms with E-state index < -0.39 is 0 Å². The van der Waals surface area contributed by atoms with E-state index in [0.29, 0.717) is 17.9 Å². The minimum atomic E-state index is 0.0383. The molecule has 1 aromatic heterocycles. The second-order valence-electron chi connectivity index (χ2n) is 12.6. The first kappa shape index (κ1) is 25.5. The van der Waals surface area contributed by atoms with Gasteiger partial charge in [0.25, 0.3) is 0 Å². The highest BCUT2D eigenvalue weighted by atomic mass is 16.5. The number of carbonyl (C=O) groups is 1. The summed E-state index contributed by atoms with van der Waals surface area (Å²) in [6.07, 6.45) is 13.7. The first-order valence-corrected chi connectivity index (χ1v) is 14.9. The van der Waals surface area contributed by atoms with Gasteiger partial charge in [-0.25, -0.2) is 4.98 Å². The fourth-order valence-corrected chi connectivity index (χ4v) is 7.32. The quantitative estimate of drug-likeness (QED) is 0.412. The zero-order valence-electron chi connectivity index (χ0n) is 23.4. The highest BCUT2D eigenvalue weighted by molar-refractivity contribution is 5.79. The molecule has 1 amide bonds. The van der Waals surface area contributed by atoms with E-state index in [4.69, 9.17) is 9.72 Å². The van der Waals surface area contributed by atoms with E-state index in [0.717, 1.165) is 50.2 Å². The van der Waals surface area contributed by atoms with Crippen LogP contribution in [0.4, 0.5) is 0 Å². The Morgan fingerprint density at radius 1 is 1.05 bits per heavy atom. The van der Waals surface area contributed by atoms with Crippen molar-refractivity contribution < 1.29 is 9.53 Å². The Kier molecular flexibility index (Phi) is 6.96. The molecule has 0 radical (unpaired) electrons. The molecule has 1 spiro atoms. The molecule has 38 heavy (non-hydrogen) atoms. The van der Waals surface area contributed by atoms with Crippen LogP contribution >= 0.6 is 0 Å². The van der Waals surface area contributed by atoms with Crippen LogP contribution in [0.3, 0.4) is 0 Å². The Morgan fingerprint density at radius 3 is 2.58 bits per heavy atom. The summed E-state index contributed by atoms with van der Waals surface area (Å²) in [5.74, 6) is 2.83.